The minimum absolute atomic E-state index is 0.0680. The third-order valence-corrected chi connectivity index (χ3v) is 4.87. The van der Waals surface area contributed by atoms with Crippen LogP contribution >= 0.6 is 0 Å². The van der Waals surface area contributed by atoms with E-state index in [0.717, 1.165) is 16.7 Å². The Kier molecular flexibility index (Phi) is 5.45. The molecule has 1 saturated heterocycles. The van der Waals surface area contributed by atoms with Gasteiger partial charge in [0, 0.05) is 6.54 Å². The first-order valence-corrected chi connectivity index (χ1v) is 9.28. The average molecular weight is 363 g/mol. The lowest BCUT2D eigenvalue weighted by Crippen LogP contribution is -2.36. The number of Topliss-reactive ketones (excluding diaryl/α,β-unsaturated/α-hetero) is 1. The number of ketones is 1. The first-order valence-electron chi connectivity index (χ1n) is 9.28. The second kappa shape index (κ2) is 7.78. The molecule has 140 valence electrons. The molecule has 1 heterocycles. The Hall–Kier alpha value is -2.88. The molecule has 27 heavy (non-hydrogen) atoms. The van der Waals surface area contributed by atoms with Crippen molar-refractivity contribution in [2.45, 2.75) is 39.8 Å². The minimum atomic E-state index is -0.511. The molecule has 1 amide bonds. The fourth-order valence-electron chi connectivity index (χ4n) is 3.52. The topological polar surface area (TPSA) is 57.6 Å². The molecule has 0 spiro atoms. The number of hydrogen-bond donors (Lipinski definition) is 1. The van der Waals surface area contributed by atoms with E-state index in [9.17, 15) is 14.7 Å². The van der Waals surface area contributed by atoms with Crippen LogP contribution in [0.3, 0.4) is 0 Å². The summed E-state index contributed by atoms with van der Waals surface area (Å²) < 4.78 is 0. The predicted molar refractivity (Wildman–Crippen MR) is 106 cm³/mol. The first kappa shape index (κ1) is 18.9. The summed E-state index contributed by atoms with van der Waals surface area (Å²) in [5.41, 5.74) is 3.13. The van der Waals surface area contributed by atoms with E-state index in [0.29, 0.717) is 13.0 Å². The second-order valence-corrected chi connectivity index (χ2v) is 7.47. The summed E-state index contributed by atoms with van der Waals surface area (Å²) in [5, 5.41) is 9.80. The minimum Gasteiger partial charge on any atom is -0.512 e. The van der Waals surface area contributed by atoms with E-state index in [2.05, 4.69) is 12.1 Å². The highest BCUT2D eigenvalue weighted by atomic mass is 16.3. The van der Waals surface area contributed by atoms with E-state index in [1.807, 2.05) is 56.3 Å². The maximum atomic E-state index is 12.7. The maximum absolute atomic E-state index is 12.7. The van der Waals surface area contributed by atoms with Crippen molar-refractivity contribution < 1.29 is 14.7 Å². The van der Waals surface area contributed by atoms with Crippen LogP contribution in [0.25, 0.3) is 11.1 Å². The first-order chi connectivity index (χ1) is 12.9. The predicted octanol–water partition coefficient (Wildman–Crippen LogP) is 4.51. The van der Waals surface area contributed by atoms with Gasteiger partial charge in [0.05, 0.1) is 6.04 Å². The second-order valence-electron chi connectivity index (χ2n) is 7.47. The number of aliphatic hydroxyl groups is 1. The van der Waals surface area contributed by atoms with E-state index < -0.39 is 6.04 Å². The van der Waals surface area contributed by atoms with Crippen LogP contribution < -0.4 is 0 Å². The fourth-order valence-corrected chi connectivity index (χ4v) is 3.52. The van der Waals surface area contributed by atoms with Gasteiger partial charge in [-0.3, -0.25) is 9.59 Å². The summed E-state index contributed by atoms with van der Waals surface area (Å²) in [5.74, 6) is -0.568. The summed E-state index contributed by atoms with van der Waals surface area (Å²) in [6.07, 6.45) is 0.587. The van der Waals surface area contributed by atoms with Gasteiger partial charge in [-0.1, -0.05) is 68.4 Å². The van der Waals surface area contributed by atoms with Crippen LogP contribution in [-0.4, -0.2) is 27.7 Å². The SMILES string of the molecule is C/C(O)=C1/C(=O)C(CC(C)C)N(Cc2ccc(-c3ccccc3)cc2)C1=O. The van der Waals surface area contributed by atoms with E-state index in [1.165, 1.54) is 6.92 Å². The molecule has 1 fully saturated rings. The van der Waals surface area contributed by atoms with Crippen molar-refractivity contribution in [3.05, 3.63) is 71.5 Å². The Morgan fingerprint density at radius 1 is 1.00 bits per heavy atom. The number of rotatable bonds is 5. The van der Waals surface area contributed by atoms with Crippen molar-refractivity contribution in [2.75, 3.05) is 0 Å². The number of hydrogen-bond acceptors (Lipinski definition) is 3. The molecule has 2 aromatic carbocycles. The lowest BCUT2D eigenvalue weighted by Gasteiger charge is -2.24. The monoisotopic (exact) mass is 363 g/mol. The summed E-state index contributed by atoms with van der Waals surface area (Å²) in [7, 11) is 0. The molecule has 0 bridgehead atoms. The fraction of sp³-hybridized carbons (Fsp3) is 0.304. The molecule has 1 aliphatic rings. The highest BCUT2D eigenvalue weighted by molar-refractivity contribution is 6.26. The van der Waals surface area contributed by atoms with Crippen molar-refractivity contribution in [3.8, 4) is 11.1 Å². The van der Waals surface area contributed by atoms with E-state index in [-0.39, 0.29) is 28.9 Å². The summed E-state index contributed by atoms with van der Waals surface area (Å²) in [6, 6.07) is 17.6. The lowest BCUT2D eigenvalue weighted by molar-refractivity contribution is -0.128. The Morgan fingerprint density at radius 3 is 2.15 bits per heavy atom. The Balaban J connectivity index is 1.85. The number of carbonyl (C=O) groups is 2. The van der Waals surface area contributed by atoms with E-state index in [4.69, 9.17) is 0 Å². The van der Waals surface area contributed by atoms with E-state index >= 15 is 0 Å². The van der Waals surface area contributed by atoms with Gasteiger partial charge in [-0.15, -0.1) is 0 Å². The van der Waals surface area contributed by atoms with Gasteiger partial charge in [0.1, 0.15) is 11.3 Å². The third-order valence-electron chi connectivity index (χ3n) is 4.87. The molecular weight excluding hydrogens is 338 g/mol. The molecule has 1 unspecified atom stereocenters. The molecule has 0 saturated carbocycles. The zero-order valence-electron chi connectivity index (χ0n) is 16.0. The maximum Gasteiger partial charge on any atom is 0.261 e. The number of amides is 1. The number of aliphatic hydroxyl groups excluding tert-OH is 1. The van der Waals surface area contributed by atoms with Crippen molar-refractivity contribution in [1.82, 2.24) is 4.90 Å². The van der Waals surface area contributed by atoms with Crippen LogP contribution in [-0.2, 0) is 16.1 Å². The molecule has 1 N–H and O–H groups in total. The zero-order valence-corrected chi connectivity index (χ0v) is 16.0. The molecule has 4 nitrogen and oxygen atoms in total. The number of allylic oxidation sites excluding steroid dienone is 1. The third kappa shape index (κ3) is 3.95. The highest BCUT2D eigenvalue weighted by Crippen LogP contribution is 2.29. The van der Waals surface area contributed by atoms with Gasteiger partial charge in [-0.05, 0) is 36.0 Å². The molecule has 4 heteroatoms. The molecule has 2 aromatic rings. The van der Waals surface area contributed by atoms with Gasteiger partial charge in [0.25, 0.3) is 5.91 Å². The largest absolute Gasteiger partial charge is 0.512 e. The number of likely N-dealkylation sites (tertiary alicyclic amines) is 1. The molecular formula is C23H25NO3. The number of nitrogens with zero attached hydrogens (tertiary/aromatic N) is 1. The quantitative estimate of drug-likeness (QED) is 0.483. The lowest BCUT2D eigenvalue weighted by atomic mass is 9.98. The van der Waals surface area contributed by atoms with Gasteiger partial charge in [-0.25, -0.2) is 0 Å². The zero-order chi connectivity index (χ0) is 19.6. The van der Waals surface area contributed by atoms with Crippen LogP contribution in [0.4, 0.5) is 0 Å². The summed E-state index contributed by atoms with van der Waals surface area (Å²) in [4.78, 5) is 27.0. The van der Waals surface area contributed by atoms with Crippen LogP contribution in [0.15, 0.2) is 65.9 Å². The van der Waals surface area contributed by atoms with Gasteiger partial charge in [0.2, 0.25) is 0 Å². The average Bonchev–Trinajstić information content (AvgIpc) is 2.86. The molecule has 1 aliphatic heterocycles. The normalized spacial score (nSPS) is 19.1. The van der Waals surface area contributed by atoms with Crippen LogP contribution in [0.1, 0.15) is 32.8 Å². The molecule has 3 rings (SSSR count). The van der Waals surface area contributed by atoms with Crippen LogP contribution in [0.5, 0.6) is 0 Å². The molecule has 0 radical (unpaired) electrons. The van der Waals surface area contributed by atoms with Crippen molar-refractivity contribution >= 4 is 11.7 Å². The van der Waals surface area contributed by atoms with Gasteiger partial charge < -0.3 is 10.0 Å². The molecule has 0 aliphatic carbocycles. The number of carbonyl (C=O) groups excluding carboxylic acids is 2. The summed E-state index contributed by atoms with van der Waals surface area (Å²) in [6.45, 7) is 5.81. The van der Waals surface area contributed by atoms with Crippen molar-refractivity contribution in [3.63, 3.8) is 0 Å². The Bertz CT molecular complexity index is 862. The Morgan fingerprint density at radius 2 is 1.59 bits per heavy atom. The van der Waals surface area contributed by atoms with Gasteiger partial charge in [-0.2, -0.15) is 0 Å². The highest BCUT2D eigenvalue weighted by Gasteiger charge is 2.44. The van der Waals surface area contributed by atoms with Crippen LogP contribution in [0.2, 0.25) is 0 Å². The van der Waals surface area contributed by atoms with Gasteiger partial charge >= 0.3 is 0 Å². The standard InChI is InChI=1S/C23H25NO3/c1-15(2)13-20-22(26)21(16(3)25)23(27)24(20)14-17-9-11-19(12-10-17)18-7-5-4-6-8-18/h4-12,15,20,25H,13-14H2,1-3H3/b21-16+. The van der Waals surface area contributed by atoms with Crippen molar-refractivity contribution in [2.24, 2.45) is 5.92 Å². The summed E-state index contributed by atoms with van der Waals surface area (Å²) >= 11 is 0. The molecule has 1 atom stereocenters. The van der Waals surface area contributed by atoms with Crippen molar-refractivity contribution in [1.29, 1.82) is 0 Å². The van der Waals surface area contributed by atoms with Gasteiger partial charge in [0.15, 0.2) is 5.78 Å². The smallest absolute Gasteiger partial charge is 0.261 e. The Labute approximate surface area is 160 Å². The number of benzene rings is 2. The van der Waals surface area contributed by atoms with Crippen LogP contribution in [0, 0.1) is 5.92 Å². The molecule has 0 aromatic heterocycles. The van der Waals surface area contributed by atoms with E-state index in [1.54, 1.807) is 4.90 Å².